The zero-order valence-corrected chi connectivity index (χ0v) is 12.1. The molecule has 1 saturated carbocycles. The number of rotatable bonds is 4. The number of halogens is 1. The zero-order valence-electron chi connectivity index (χ0n) is 11.4. The fourth-order valence-corrected chi connectivity index (χ4v) is 2.75. The second kappa shape index (κ2) is 6.12. The molecule has 1 aliphatic rings. The van der Waals surface area contributed by atoms with Crippen molar-refractivity contribution in [2.45, 2.75) is 50.7 Å². The first-order valence-corrected chi connectivity index (χ1v) is 7.28. The van der Waals surface area contributed by atoms with Gasteiger partial charge in [-0.1, -0.05) is 30.9 Å². The molecule has 2 rings (SSSR count). The minimum absolute atomic E-state index is 0.144. The highest BCUT2D eigenvalue weighted by Gasteiger charge is 2.30. The number of benzene rings is 1. The summed E-state index contributed by atoms with van der Waals surface area (Å²) in [6.07, 6.45) is 4.97. The summed E-state index contributed by atoms with van der Waals surface area (Å²) in [6.45, 7) is 2.22. The minimum atomic E-state index is -0.688. The van der Waals surface area contributed by atoms with Crippen LogP contribution in [-0.4, -0.2) is 17.3 Å². The third-order valence-electron chi connectivity index (χ3n) is 3.74. The zero-order chi connectivity index (χ0) is 13.9. The van der Waals surface area contributed by atoms with Gasteiger partial charge in [0.2, 0.25) is 0 Å². The Bertz CT molecular complexity index is 428. The Labute approximate surface area is 119 Å². The van der Waals surface area contributed by atoms with Gasteiger partial charge in [-0.05, 0) is 38.0 Å². The molecule has 4 heteroatoms. The Kier molecular flexibility index (Phi) is 4.71. The van der Waals surface area contributed by atoms with Crippen LogP contribution < -0.4 is 10.5 Å². The smallest absolute Gasteiger partial charge is 0.124 e. The summed E-state index contributed by atoms with van der Waals surface area (Å²) in [5.41, 5.74) is 6.12. The van der Waals surface area contributed by atoms with E-state index < -0.39 is 5.60 Å². The molecule has 1 fully saturated rings. The molecule has 0 aliphatic heterocycles. The lowest BCUT2D eigenvalue weighted by Crippen LogP contribution is -2.38. The van der Waals surface area contributed by atoms with E-state index in [2.05, 4.69) is 0 Å². The maximum atomic E-state index is 10.4. The molecule has 3 nitrogen and oxygen atoms in total. The van der Waals surface area contributed by atoms with Crippen molar-refractivity contribution < 1.29 is 9.84 Å². The molecule has 1 aliphatic carbocycles. The molecule has 0 unspecified atom stereocenters. The monoisotopic (exact) mass is 283 g/mol. The van der Waals surface area contributed by atoms with Gasteiger partial charge in [0.15, 0.2) is 0 Å². The van der Waals surface area contributed by atoms with Crippen LogP contribution in [-0.2, 0) is 0 Å². The van der Waals surface area contributed by atoms with Crippen LogP contribution in [0.3, 0.4) is 0 Å². The van der Waals surface area contributed by atoms with E-state index in [1.807, 2.05) is 19.1 Å². The molecule has 0 bridgehead atoms. The van der Waals surface area contributed by atoms with Crippen molar-refractivity contribution in [1.82, 2.24) is 0 Å². The van der Waals surface area contributed by atoms with Gasteiger partial charge in [0.1, 0.15) is 12.4 Å². The lowest BCUT2D eigenvalue weighted by molar-refractivity contribution is -0.0341. The quantitative estimate of drug-likeness (QED) is 0.890. The molecule has 0 spiro atoms. The van der Waals surface area contributed by atoms with Crippen molar-refractivity contribution in [3.63, 3.8) is 0 Å². The lowest BCUT2D eigenvalue weighted by atomic mass is 9.85. The Morgan fingerprint density at radius 1 is 1.37 bits per heavy atom. The topological polar surface area (TPSA) is 55.5 Å². The summed E-state index contributed by atoms with van der Waals surface area (Å²) < 4.78 is 5.81. The first-order valence-electron chi connectivity index (χ1n) is 6.90. The van der Waals surface area contributed by atoms with Crippen molar-refractivity contribution in [2.24, 2.45) is 5.73 Å². The fraction of sp³-hybridized carbons (Fsp3) is 0.600. The number of hydrogen-bond acceptors (Lipinski definition) is 3. The number of nitrogens with two attached hydrogens (primary N) is 1. The van der Waals surface area contributed by atoms with Gasteiger partial charge in [0, 0.05) is 16.6 Å². The summed E-state index contributed by atoms with van der Waals surface area (Å²) in [5.74, 6) is 0.721. The third kappa shape index (κ3) is 3.85. The molecular weight excluding hydrogens is 262 g/mol. The summed E-state index contributed by atoms with van der Waals surface area (Å²) in [4.78, 5) is 0. The maximum absolute atomic E-state index is 10.4. The van der Waals surface area contributed by atoms with Crippen LogP contribution in [0, 0.1) is 0 Å². The highest BCUT2D eigenvalue weighted by atomic mass is 35.5. The molecule has 0 aromatic heterocycles. The Hall–Kier alpha value is -0.770. The van der Waals surface area contributed by atoms with Crippen LogP contribution >= 0.6 is 11.6 Å². The van der Waals surface area contributed by atoms with Crippen molar-refractivity contribution in [3.8, 4) is 5.75 Å². The van der Waals surface area contributed by atoms with Crippen molar-refractivity contribution >= 4 is 11.6 Å². The van der Waals surface area contributed by atoms with Crippen LogP contribution in [0.1, 0.15) is 50.6 Å². The van der Waals surface area contributed by atoms with Gasteiger partial charge in [-0.25, -0.2) is 0 Å². The molecule has 106 valence electrons. The van der Waals surface area contributed by atoms with Crippen LogP contribution in [0.15, 0.2) is 18.2 Å². The van der Waals surface area contributed by atoms with E-state index in [9.17, 15) is 5.11 Å². The van der Waals surface area contributed by atoms with Gasteiger partial charge in [0.25, 0.3) is 0 Å². The van der Waals surface area contributed by atoms with Crippen molar-refractivity contribution in [2.75, 3.05) is 6.61 Å². The minimum Gasteiger partial charge on any atom is -0.490 e. The van der Waals surface area contributed by atoms with Crippen molar-refractivity contribution in [3.05, 3.63) is 28.8 Å². The normalized spacial score (nSPS) is 20.0. The Morgan fingerprint density at radius 2 is 2.05 bits per heavy atom. The highest BCUT2D eigenvalue weighted by molar-refractivity contribution is 6.30. The SMILES string of the molecule is C[C@H](N)c1cc(Cl)ccc1OCC1(O)CCCCC1. The number of hydrogen-bond donors (Lipinski definition) is 2. The molecule has 1 atom stereocenters. The second-order valence-corrected chi connectivity index (χ2v) is 5.98. The van der Waals surface area contributed by atoms with E-state index in [0.29, 0.717) is 11.6 Å². The molecule has 0 heterocycles. The predicted octanol–water partition coefficient (Wildman–Crippen LogP) is 3.43. The molecule has 0 amide bonds. The molecule has 3 N–H and O–H groups in total. The molecule has 0 radical (unpaired) electrons. The van der Waals surface area contributed by atoms with Gasteiger partial charge in [0.05, 0.1) is 5.60 Å². The largest absolute Gasteiger partial charge is 0.490 e. The highest BCUT2D eigenvalue weighted by Crippen LogP contribution is 2.31. The van der Waals surface area contributed by atoms with E-state index in [0.717, 1.165) is 37.0 Å². The standard InChI is InChI=1S/C15H22ClNO2/c1-11(17)13-9-12(16)5-6-14(13)19-10-15(18)7-3-2-4-8-15/h5-6,9,11,18H,2-4,7-8,10,17H2,1H3/t11-/m0/s1. The van der Waals surface area contributed by atoms with Gasteiger partial charge >= 0.3 is 0 Å². The average Bonchev–Trinajstić information content (AvgIpc) is 2.38. The third-order valence-corrected chi connectivity index (χ3v) is 3.98. The summed E-state index contributed by atoms with van der Waals surface area (Å²) in [7, 11) is 0. The number of ether oxygens (including phenoxy) is 1. The molecule has 1 aromatic carbocycles. The Balaban J connectivity index is 2.06. The summed E-state index contributed by atoms with van der Waals surface area (Å²) >= 11 is 5.98. The summed E-state index contributed by atoms with van der Waals surface area (Å²) in [6, 6.07) is 5.29. The van der Waals surface area contributed by atoms with Gasteiger partial charge < -0.3 is 15.6 Å². The molecule has 1 aromatic rings. The Morgan fingerprint density at radius 3 is 2.68 bits per heavy atom. The first kappa shape index (κ1) is 14.6. The second-order valence-electron chi connectivity index (χ2n) is 5.54. The first-order chi connectivity index (χ1) is 9.00. The number of aliphatic hydroxyl groups is 1. The van der Waals surface area contributed by atoms with Crippen molar-refractivity contribution in [1.29, 1.82) is 0 Å². The van der Waals surface area contributed by atoms with E-state index in [1.165, 1.54) is 6.42 Å². The molecule has 0 saturated heterocycles. The van der Waals surface area contributed by atoms with Gasteiger partial charge in [-0.3, -0.25) is 0 Å². The van der Waals surface area contributed by atoms with Crippen LogP contribution in [0.25, 0.3) is 0 Å². The van der Waals surface area contributed by atoms with Crippen LogP contribution in [0.5, 0.6) is 5.75 Å². The van der Waals surface area contributed by atoms with Crippen LogP contribution in [0.2, 0.25) is 5.02 Å². The predicted molar refractivity (Wildman–Crippen MR) is 77.6 cm³/mol. The lowest BCUT2D eigenvalue weighted by Gasteiger charge is -2.32. The average molecular weight is 284 g/mol. The van der Waals surface area contributed by atoms with Gasteiger partial charge in [-0.15, -0.1) is 0 Å². The maximum Gasteiger partial charge on any atom is 0.124 e. The van der Waals surface area contributed by atoms with E-state index >= 15 is 0 Å². The van der Waals surface area contributed by atoms with Crippen LogP contribution in [0.4, 0.5) is 0 Å². The summed E-state index contributed by atoms with van der Waals surface area (Å²) in [5, 5.41) is 11.1. The fourth-order valence-electron chi connectivity index (χ4n) is 2.57. The van der Waals surface area contributed by atoms with E-state index in [4.69, 9.17) is 22.1 Å². The van der Waals surface area contributed by atoms with E-state index in [-0.39, 0.29) is 6.04 Å². The molecule has 19 heavy (non-hydrogen) atoms. The van der Waals surface area contributed by atoms with E-state index in [1.54, 1.807) is 6.07 Å². The van der Waals surface area contributed by atoms with Gasteiger partial charge in [-0.2, -0.15) is 0 Å². The molecular formula is C15H22ClNO2.